The van der Waals surface area contributed by atoms with Gasteiger partial charge in [0.2, 0.25) is 0 Å². The van der Waals surface area contributed by atoms with E-state index in [0.717, 1.165) is 13.0 Å². The van der Waals surface area contributed by atoms with Crippen molar-refractivity contribution < 1.29 is 0 Å². The lowest BCUT2D eigenvalue weighted by atomic mass is 10.0. The Hall–Kier alpha value is -0.490. The topological polar surface area (TPSA) is 31.4 Å². The fourth-order valence-corrected chi connectivity index (χ4v) is 3.39. The number of nitrogens with one attached hydrogen (secondary N) is 1. The fraction of sp³-hybridized carbons (Fsp3) is 0.769. The van der Waals surface area contributed by atoms with Gasteiger partial charge in [0.05, 0.1) is 5.51 Å². The van der Waals surface area contributed by atoms with Gasteiger partial charge in [-0.05, 0) is 40.7 Å². The smallest absolute Gasteiger partial charge is 0.0794 e. The minimum absolute atomic E-state index is 0.496. The Kier molecular flexibility index (Phi) is 5.12. The summed E-state index contributed by atoms with van der Waals surface area (Å²) in [5, 5.41) is 3.50. The summed E-state index contributed by atoms with van der Waals surface area (Å²) in [7, 11) is 6.55. The molecular formula is C13H24N4S. The Morgan fingerprint density at radius 1 is 1.50 bits per heavy atom. The SMILES string of the molecule is CNC(Cc1cncs1)C1CN(C)CCCN1C. The Morgan fingerprint density at radius 2 is 2.33 bits per heavy atom. The molecule has 1 aromatic rings. The maximum atomic E-state index is 4.17. The van der Waals surface area contributed by atoms with Crippen molar-refractivity contribution in [1.29, 1.82) is 0 Å². The highest BCUT2D eigenvalue weighted by molar-refractivity contribution is 7.09. The van der Waals surface area contributed by atoms with Gasteiger partial charge in [0.1, 0.15) is 0 Å². The maximum Gasteiger partial charge on any atom is 0.0794 e. The number of hydrogen-bond donors (Lipinski definition) is 1. The average molecular weight is 268 g/mol. The van der Waals surface area contributed by atoms with E-state index in [1.165, 1.54) is 24.4 Å². The molecule has 2 unspecified atom stereocenters. The number of likely N-dealkylation sites (N-methyl/N-ethyl adjacent to an activating group) is 3. The molecule has 2 heterocycles. The van der Waals surface area contributed by atoms with Gasteiger partial charge in [-0.2, -0.15) is 0 Å². The van der Waals surface area contributed by atoms with Crippen LogP contribution in [-0.4, -0.2) is 67.6 Å². The third-order valence-electron chi connectivity index (χ3n) is 3.86. The van der Waals surface area contributed by atoms with E-state index in [-0.39, 0.29) is 0 Å². The molecule has 2 atom stereocenters. The van der Waals surface area contributed by atoms with E-state index in [1.807, 2.05) is 11.7 Å². The minimum Gasteiger partial charge on any atom is -0.315 e. The van der Waals surface area contributed by atoms with E-state index in [9.17, 15) is 0 Å². The average Bonchev–Trinajstić information content (AvgIpc) is 2.80. The van der Waals surface area contributed by atoms with Gasteiger partial charge in [0, 0.05) is 36.1 Å². The van der Waals surface area contributed by atoms with Gasteiger partial charge in [-0.1, -0.05) is 0 Å². The van der Waals surface area contributed by atoms with Crippen LogP contribution in [0.2, 0.25) is 0 Å². The molecule has 0 aliphatic carbocycles. The fourth-order valence-electron chi connectivity index (χ4n) is 2.73. The maximum absolute atomic E-state index is 4.17. The molecule has 18 heavy (non-hydrogen) atoms. The lowest BCUT2D eigenvalue weighted by molar-refractivity contribution is 0.181. The monoisotopic (exact) mass is 268 g/mol. The lowest BCUT2D eigenvalue weighted by Crippen LogP contribution is -2.52. The van der Waals surface area contributed by atoms with Gasteiger partial charge < -0.3 is 15.1 Å². The standard InChI is InChI=1S/C13H24N4S/c1-14-12(7-11-8-15-10-18-11)13-9-16(2)5-4-6-17(13)3/h8,10,12-14H,4-7,9H2,1-3H3. The summed E-state index contributed by atoms with van der Waals surface area (Å²) in [4.78, 5) is 10.5. The van der Waals surface area contributed by atoms with Crippen molar-refractivity contribution in [3.05, 3.63) is 16.6 Å². The van der Waals surface area contributed by atoms with Crippen LogP contribution in [0.1, 0.15) is 11.3 Å². The van der Waals surface area contributed by atoms with E-state index in [0.29, 0.717) is 12.1 Å². The summed E-state index contributed by atoms with van der Waals surface area (Å²) in [5.41, 5.74) is 1.92. The van der Waals surface area contributed by atoms with E-state index in [1.54, 1.807) is 11.3 Å². The number of thiazole rings is 1. The molecule has 0 spiro atoms. The summed E-state index contributed by atoms with van der Waals surface area (Å²) in [6.07, 6.45) is 4.33. The molecule has 0 bridgehead atoms. The first-order valence-electron chi connectivity index (χ1n) is 6.64. The van der Waals surface area contributed by atoms with Crippen LogP contribution in [-0.2, 0) is 6.42 Å². The highest BCUT2D eigenvalue weighted by atomic mass is 32.1. The van der Waals surface area contributed by atoms with Crippen molar-refractivity contribution in [2.24, 2.45) is 0 Å². The molecule has 0 radical (unpaired) electrons. The van der Waals surface area contributed by atoms with E-state index < -0.39 is 0 Å². The minimum atomic E-state index is 0.496. The normalized spacial score (nSPS) is 24.9. The molecule has 1 saturated heterocycles. The molecular weight excluding hydrogens is 244 g/mol. The molecule has 1 fully saturated rings. The predicted octanol–water partition coefficient (Wildman–Crippen LogP) is 0.909. The first-order chi connectivity index (χ1) is 8.70. The molecule has 1 N–H and O–H groups in total. The van der Waals surface area contributed by atoms with Crippen LogP contribution in [0.15, 0.2) is 11.7 Å². The number of aromatic nitrogens is 1. The Labute approximate surface area is 114 Å². The van der Waals surface area contributed by atoms with Crippen molar-refractivity contribution in [2.45, 2.75) is 24.9 Å². The second-order valence-corrected chi connectivity index (χ2v) is 6.20. The first-order valence-corrected chi connectivity index (χ1v) is 7.52. The molecule has 0 aromatic carbocycles. The zero-order valence-electron chi connectivity index (χ0n) is 11.6. The molecule has 1 aliphatic heterocycles. The van der Waals surface area contributed by atoms with Gasteiger partial charge in [-0.25, -0.2) is 0 Å². The van der Waals surface area contributed by atoms with Crippen molar-refractivity contribution in [3.63, 3.8) is 0 Å². The third kappa shape index (κ3) is 3.51. The van der Waals surface area contributed by atoms with Gasteiger partial charge >= 0.3 is 0 Å². The zero-order chi connectivity index (χ0) is 13.0. The molecule has 2 rings (SSSR count). The summed E-state index contributed by atoms with van der Waals surface area (Å²) < 4.78 is 0. The Morgan fingerprint density at radius 3 is 3.00 bits per heavy atom. The molecule has 5 heteroatoms. The Balaban J connectivity index is 2.04. The van der Waals surface area contributed by atoms with Crippen molar-refractivity contribution >= 4 is 11.3 Å². The number of nitrogens with zero attached hydrogens (tertiary/aromatic N) is 3. The van der Waals surface area contributed by atoms with Gasteiger partial charge in [-0.15, -0.1) is 11.3 Å². The highest BCUT2D eigenvalue weighted by Crippen LogP contribution is 2.16. The van der Waals surface area contributed by atoms with Gasteiger partial charge in [0.15, 0.2) is 0 Å². The summed E-state index contributed by atoms with van der Waals surface area (Å²) in [6.45, 7) is 3.54. The van der Waals surface area contributed by atoms with Crippen LogP contribution >= 0.6 is 11.3 Å². The molecule has 0 saturated carbocycles. The summed E-state index contributed by atoms with van der Waals surface area (Å²) in [5.74, 6) is 0. The van der Waals surface area contributed by atoms with E-state index in [2.05, 4.69) is 41.2 Å². The number of hydrogen-bond acceptors (Lipinski definition) is 5. The van der Waals surface area contributed by atoms with Crippen molar-refractivity contribution in [2.75, 3.05) is 40.8 Å². The van der Waals surface area contributed by atoms with Crippen LogP contribution in [0.4, 0.5) is 0 Å². The highest BCUT2D eigenvalue weighted by Gasteiger charge is 2.27. The van der Waals surface area contributed by atoms with Crippen LogP contribution in [0.5, 0.6) is 0 Å². The van der Waals surface area contributed by atoms with Crippen LogP contribution in [0.3, 0.4) is 0 Å². The van der Waals surface area contributed by atoms with E-state index in [4.69, 9.17) is 0 Å². The molecule has 0 amide bonds. The quantitative estimate of drug-likeness (QED) is 0.879. The van der Waals surface area contributed by atoms with Crippen molar-refractivity contribution in [1.82, 2.24) is 20.1 Å². The van der Waals surface area contributed by atoms with Crippen LogP contribution < -0.4 is 5.32 Å². The second-order valence-electron chi connectivity index (χ2n) is 5.23. The second kappa shape index (κ2) is 6.61. The number of rotatable bonds is 4. The van der Waals surface area contributed by atoms with Gasteiger partial charge in [0.25, 0.3) is 0 Å². The molecule has 1 aromatic heterocycles. The third-order valence-corrected chi connectivity index (χ3v) is 4.66. The van der Waals surface area contributed by atoms with Gasteiger partial charge in [-0.3, -0.25) is 4.98 Å². The Bertz CT molecular complexity index is 341. The molecule has 102 valence electrons. The largest absolute Gasteiger partial charge is 0.315 e. The van der Waals surface area contributed by atoms with Crippen LogP contribution in [0, 0.1) is 0 Å². The lowest BCUT2D eigenvalue weighted by Gasteiger charge is -2.34. The molecule has 1 aliphatic rings. The zero-order valence-corrected chi connectivity index (χ0v) is 12.4. The summed E-state index contributed by atoms with van der Waals surface area (Å²) >= 11 is 1.75. The molecule has 4 nitrogen and oxygen atoms in total. The van der Waals surface area contributed by atoms with E-state index >= 15 is 0 Å². The van der Waals surface area contributed by atoms with Crippen LogP contribution in [0.25, 0.3) is 0 Å². The predicted molar refractivity (Wildman–Crippen MR) is 77.2 cm³/mol. The first kappa shape index (κ1) is 13.9. The van der Waals surface area contributed by atoms with Crippen molar-refractivity contribution in [3.8, 4) is 0 Å². The summed E-state index contributed by atoms with van der Waals surface area (Å²) in [6, 6.07) is 1.07.